The van der Waals surface area contributed by atoms with Gasteiger partial charge in [0.2, 0.25) is 0 Å². The molecule has 0 aliphatic carbocycles. The molecule has 0 saturated heterocycles. The molecule has 0 atom stereocenters. The van der Waals surface area contributed by atoms with Crippen molar-refractivity contribution < 1.29 is 0 Å². The fourth-order valence-electron chi connectivity index (χ4n) is 2.47. The summed E-state index contributed by atoms with van der Waals surface area (Å²) in [4.78, 5) is 0. The maximum atomic E-state index is 8.77. The van der Waals surface area contributed by atoms with E-state index in [1.54, 1.807) is 0 Å². The highest BCUT2D eigenvalue weighted by atomic mass is 35.5. The van der Waals surface area contributed by atoms with Gasteiger partial charge in [0.15, 0.2) is 0 Å². The Hall–Kier alpha value is -0.340. The van der Waals surface area contributed by atoms with Gasteiger partial charge in [-0.15, -0.1) is 12.4 Å². The number of halogens is 1. The molecule has 2 nitrogen and oxygen atoms in total. The van der Waals surface area contributed by atoms with Crippen molar-refractivity contribution in [1.82, 2.24) is 5.32 Å². The first-order valence-corrected chi connectivity index (χ1v) is 11.8. The fourth-order valence-corrected chi connectivity index (χ4v) is 4.49. The molecule has 0 amide bonds. The molecule has 5 heteroatoms. The molecule has 0 fully saturated rings. The molecule has 0 aliphatic heterocycles. The molecule has 142 valence electrons. The van der Waals surface area contributed by atoms with Crippen LogP contribution in [0, 0.1) is 11.3 Å². The Morgan fingerprint density at radius 3 is 2.16 bits per heavy atom. The van der Waals surface area contributed by atoms with Crippen molar-refractivity contribution in [3.63, 3.8) is 0 Å². The molecular weight excluding hydrogens is 368 g/mol. The van der Waals surface area contributed by atoms with Gasteiger partial charge in [-0.2, -0.15) is 5.26 Å². The molecule has 0 saturated carbocycles. The summed E-state index contributed by atoms with van der Waals surface area (Å²) < 4.78 is 0. The maximum absolute atomic E-state index is 8.77. The zero-order valence-electron chi connectivity index (χ0n) is 15.5. The fraction of sp³-hybridized carbons (Fsp3) is 0.650. The van der Waals surface area contributed by atoms with Gasteiger partial charge in [-0.25, -0.2) is 0 Å². The average Bonchev–Trinajstić information content (AvgIpc) is 2.62. The van der Waals surface area contributed by atoms with E-state index in [1.165, 1.54) is 56.9 Å². The summed E-state index contributed by atoms with van der Waals surface area (Å²) >= 11 is 0. The standard InChI is InChI=1S/C20H32N2S2.ClH/c1-2-3-4-5-6-7-8-9-14-22-15-16-23-24-18-20-12-10-19(17-21)11-13-20;/h10-13,22H,2-9,14-16,18H2,1H3;1H. The second-order valence-corrected chi connectivity index (χ2v) is 8.70. The number of rotatable bonds is 15. The van der Waals surface area contributed by atoms with Crippen LogP contribution in [0.1, 0.15) is 69.4 Å². The number of nitriles is 1. The van der Waals surface area contributed by atoms with Gasteiger partial charge in [-0.1, -0.05) is 85.6 Å². The number of hydrogen-bond acceptors (Lipinski definition) is 4. The minimum absolute atomic E-state index is 0. The second kappa shape index (κ2) is 18.5. The molecule has 1 aromatic rings. The zero-order valence-corrected chi connectivity index (χ0v) is 17.9. The Morgan fingerprint density at radius 2 is 1.52 bits per heavy atom. The predicted octanol–water partition coefficient (Wildman–Crippen LogP) is 6.59. The van der Waals surface area contributed by atoms with Crippen LogP contribution in [0.5, 0.6) is 0 Å². The van der Waals surface area contributed by atoms with Crippen molar-refractivity contribution in [1.29, 1.82) is 5.26 Å². The summed E-state index contributed by atoms with van der Waals surface area (Å²) in [6, 6.07) is 10.0. The van der Waals surface area contributed by atoms with Crippen LogP contribution in [0.2, 0.25) is 0 Å². The van der Waals surface area contributed by atoms with Crippen molar-refractivity contribution in [3.05, 3.63) is 35.4 Å². The predicted molar refractivity (Wildman–Crippen MR) is 118 cm³/mol. The first-order chi connectivity index (χ1) is 11.9. The van der Waals surface area contributed by atoms with Crippen molar-refractivity contribution in [2.45, 2.75) is 64.0 Å². The SMILES string of the molecule is CCCCCCCCCCNCCSSCc1ccc(C#N)cc1.Cl. The highest BCUT2D eigenvalue weighted by Crippen LogP contribution is 2.25. The van der Waals surface area contributed by atoms with Gasteiger partial charge >= 0.3 is 0 Å². The largest absolute Gasteiger partial charge is 0.316 e. The van der Waals surface area contributed by atoms with Crippen molar-refractivity contribution in [3.8, 4) is 6.07 Å². The quantitative estimate of drug-likeness (QED) is 0.266. The lowest BCUT2D eigenvalue weighted by Crippen LogP contribution is -2.18. The molecule has 0 aliphatic rings. The van der Waals surface area contributed by atoms with E-state index in [9.17, 15) is 0 Å². The minimum atomic E-state index is 0. The summed E-state index contributed by atoms with van der Waals surface area (Å²) in [5, 5.41) is 12.3. The topological polar surface area (TPSA) is 35.8 Å². The molecule has 1 rings (SSSR count). The molecule has 0 aromatic heterocycles. The minimum Gasteiger partial charge on any atom is -0.316 e. The van der Waals surface area contributed by atoms with Gasteiger partial charge in [0.1, 0.15) is 0 Å². The van der Waals surface area contributed by atoms with Crippen LogP contribution >= 0.6 is 34.0 Å². The molecule has 0 unspecified atom stereocenters. The lowest BCUT2D eigenvalue weighted by molar-refractivity contribution is 0.560. The van der Waals surface area contributed by atoms with Gasteiger partial charge in [-0.3, -0.25) is 0 Å². The number of unbranched alkanes of at least 4 members (excludes halogenated alkanes) is 7. The Balaban J connectivity index is 0.00000576. The van der Waals surface area contributed by atoms with Gasteiger partial charge in [0.05, 0.1) is 11.6 Å². The van der Waals surface area contributed by atoms with Crippen LogP contribution in [0.25, 0.3) is 0 Å². The van der Waals surface area contributed by atoms with Gasteiger partial charge in [0, 0.05) is 18.1 Å². The van der Waals surface area contributed by atoms with Crippen molar-refractivity contribution in [2.24, 2.45) is 0 Å². The van der Waals surface area contributed by atoms with E-state index in [0.717, 1.165) is 30.2 Å². The normalized spacial score (nSPS) is 10.2. The van der Waals surface area contributed by atoms with E-state index < -0.39 is 0 Å². The third kappa shape index (κ3) is 14.5. The lowest BCUT2D eigenvalue weighted by Gasteiger charge is -2.05. The van der Waals surface area contributed by atoms with Crippen LogP contribution in [0.15, 0.2) is 24.3 Å². The number of nitrogens with zero attached hydrogens (tertiary/aromatic N) is 1. The van der Waals surface area contributed by atoms with Crippen molar-refractivity contribution in [2.75, 3.05) is 18.8 Å². The number of hydrogen-bond donors (Lipinski definition) is 1. The molecule has 1 aromatic carbocycles. The van der Waals surface area contributed by atoms with Crippen LogP contribution in [0.4, 0.5) is 0 Å². The first kappa shape index (κ1) is 24.7. The Labute approximate surface area is 168 Å². The molecule has 0 heterocycles. The Morgan fingerprint density at radius 1 is 0.880 bits per heavy atom. The third-order valence-corrected chi connectivity index (χ3v) is 6.30. The summed E-state index contributed by atoms with van der Waals surface area (Å²) in [5.74, 6) is 2.16. The molecule has 0 spiro atoms. The Bertz CT molecular complexity index is 446. The zero-order chi connectivity index (χ0) is 17.3. The van der Waals surface area contributed by atoms with E-state index in [2.05, 4.69) is 18.3 Å². The monoisotopic (exact) mass is 400 g/mol. The third-order valence-electron chi connectivity index (χ3n) is 3.96. The van der Waals surface area contributed by atoms with Crippen LogP contribution in [-0.4, -0.2) is 18.8 Å². The molecule has 1 N–H and O–H groups in total. The van der Waals surface area contributed by atoms with E-state index in [4.69, 9.17) is 5.26 Å². The van der Waals surface area contributed by atoms with Gasteiger partial charge in [-0.05, 0) is 30.7 Å². The lowest BCUT2D eigenvalue weighted by atomic mass is 10.1. The summed E-state index contributed by atoms with van der Waals surface area (Å²) in [6.45, 7) is 4.53. The van der Waals surface area contributed by atoms with E-state index in [0.29, 0.717) is 0 Å². The number of nitrogens with one attached hydrogen (secondary N) is 1. The first-order valence-electron chi connectivity index (χ1n) is 9.31. The highest BCUT2D eigenvalue weighted by molar-refractivity contribution is 8.76. The van der Waals surface area contributed by atoms with E-state index in [-0.39, 0.29) is 12.4 Å². The van der Waals surface area contributed by atoms with Gasteiger partial charge in [0.25, 0.3) is 0 Å². The second-order valence-electron chi connectivity index (χ2n) is 6.12. The molecular formula is C20H33ClN2S2. The van der Waals surface area contributed by atoms with Crippen LogP contribution in [-0.2, 0) is 5.75 Å². The summed E-state index contributed by atoms with van der Waals surface area (Å²) in [6.07, 6.45) is 11.1. The van der Waals surface area contributed by atoms with E-state index >= 15 is 0 Å². The van der Waals surface area contributed by atoms with Crippen molar-refractivity contribution >= 4 is 34.0 Å². The number of benzene rings is 1. The summed E-state index contributed by atoms with van der Waals surface area (Å²) in [5.41, 5.74) is 2.03. The maximum Gasteiger partial charge on any atom is 0.0991 e. The van der Waals surface area contributed by atoms with Gasteiger partial charge < -0.3 is 5.32 Å². The Kier molecular flexibility index (Phi) is 18.2. The smallest absolute Gasteiger partial charge is 0.0991 e. The molecule has 0 bridgehead atoms. The molecule has 0 radical (unpaired) electrons. The van der Waals surface area contributed by atoms with E-state index in [1.807, 2.05) is 45.9 Å². The highest BCUT2D eigenvalue weighted by Gasteiger charge is 1.96. The summed E-state index contributed by atoms with van der Waals surface area (Å²) in [7, 11) is 3.82. The molecule has 25 heavy (non-hydrogen) atoms. The average molecular weight is 401 g/mol. The van der Waals surface area contributed by atoms with Crippen LogP contribution in [0.3, 0.4) is 0 Å². The van der Waals surface area contributed by atoms with Crippen LogP contribution < -0.4 is 5.32 Å².